The Morgan fingerprint density at radius 1 is 1.56 bits per heavy atom. The summed E-state index contributed by atoms with van der Waals surface area (Å²) >= 11 is 0.821. The van der Waals surface area contributed by atoms with Gasteiger partial charge in [-0.2, -0.15) is 9.98 Å². The van der Waals surface area contributed by atoms with Gasteiger partial charge in [0.25, 0.3) is 10.0 Å². The molecule has 0 aliphatic heterocycles. The lowest BCUT2D eigenvalue weighted by atomic mass is 10.2. The number of hydrogen-bond donors (Lipinski definition) is 2. The molecule has 8 heteroatoms. The van der Waals surface area contributed by atoms with Crippen LogP contribution in [0.1, 0.15) is 17.7 Å². The fourth-order valence-corrected chi connectivity index (χ4v) is 3.91. The fourth-order valence-electron chi connectivity index (χ4n) is 1.53. The van der Waals surface area contributed by atoms with E-state index in [1.807, 2.05) is 6.07 Å². The van der Waals surface area contributed by atoms with E-state index in [1.54, 1.807) is 0 Å². The third-order valence-electron chi connectivity index (χ3n) is 2.60. The quantitative estimate of drug-likeness (QED) is 0.831. The van der Waals surface area contributed by atoms with Crippen LogP contribution in [0.4, 0.5) is 0 Å². The van der Waals surface area contributed by atoms with Crippen LogP contribution in [-0.4, -0.2) is 25.5 Å². The molecule has 96 valence electrons. The lowest BCUT2D eigenvalue weighted by Gasteiger charge is -2.12. The van der Waals surface area contributed by atoms with Crippen molar-refractivity contribution in [3.8, 4) is 6.07 Å². The summed E-state index contributed by atoms with van der Waals surface area (Å²) in [6, 6.07) is 3.46. The molecule has 1 aliphatic carbocycles. The predicted molar refractivity (Wildman–Crippen MR) is 63.5 cm³/mol. The van der Waals surface area contributed by atoms with Crippen molar-refractivity contribution >= 4 is 27.3 Å². The van der Waals surface area contributed by atoms with E-state index in [4.69, 9.17) is 10.4 Å². The van der Waals surface area contributed by atoms with Crippen molar-refractivity contribution in [2.75, 3.05) is 0 Å². The Morgan fingerprint density at radius 3 is 2.67 bits per heavy atom. The van der Waals surface area contributed by atoms with Gasteiger partial charge >= 0.3 is 5.97 Å². The molecule has 0 bridgehead atoms. The van der Waals surface area contributed by atoms with Crippen LogP contribution in [0.15, 0.2) is 16.3 Å². The normalized spacial score (nSPS) is 17.1. The molecule has 1 atom stereocenters. The molecule has 1 unspecified atom stereocenters. The summed E-state index contributed by atoms with van der Waals surface area (Å²) in [4.78, 5) is 11.2. The van der Waals surface area contributed by atoms with E-state index in [1.165, 1.54) is 12.1 Å². The van der Waals surface area contributed by atoms with Gasteiger partial charge in [0, 0.05) is 0 Å². The van der Waals surface area contributed by atoms with Gasteiger partial charge in [0.2, 0.25) is 0 Å². The second kappa shape index (κ2) is 4.68. The van der Waals surface area contributed by atoms with Crippen LogP contribution >= 0.6 is 11.3 Å². The Labute approximate surface area is 108 Å². The van der Waals surface area contributed by atoms with Crippen LogP contribution in [0.25, 0.3) is 0 Å². The molecule has 6 nitrogen and oxygen atoms in total. The Balaban J connectivity index is 2.20. The van der Waals surface area contributed by atoms with E-state index in [2.05, 4.69) is 4.72 Å². The van der Waals surface area contributed by atoms with E-state index < -0.39 is 22.0 Å². The lowest BCUT2D eigenvalue weighted by Crippen LogP contribution is -2.42. The number of thiophene rings is 1. The number of nitrogens with zero attached hydrogens (tertiary/aromatic N) is 1. The van der Waals surface area contributed by atoms with Crippen LogP contribution in [-0.2, 0) is 14.8 Å². The van der Waals surface area contributed by atoms with Crippen LogP contribution in [0, 0.1) is 17.2 Å². The van der Waals surface area contributed by atoms with Gasteiger partial charge in [0.05, 0.1) is 0 Å². The maximum absolute atomic E-state index is 11.9. The number of aliphatic carboxylic acids is 1. The number of nitrogens with one attached hydrogen (secondary N) is 1. The van der Waals surface area contributed by atoms with E-state index in [0.29, 0.717) is 12.8 Å². The third kappa shape index (κ3) is 2.69. The molecule has 1 aromatic rings. The number of carbonyl (C=O) groups is 1. The predicted octanol–water partition coefficient (Wildman–Crippen LogP) is 0.761. The summed E-state index contributed by atoms with van der Waals surface area (Å²) in [5.41, 5.74) is 0. The van der Waals surface area contributed by atoms with Crippen LogP contribution in [0.5, 0.6) is 0 Å². The Bertz CT molecular complexity index is 610. The largest absolute Gasteiger partial charge is 0.480 e. The number of hydrogen-bond acceptors (Lipinski definition) is 5. The van der Waals surface area contributed by atoms with Gasteiger partial charge in [0.1, 0.15) is 21.2 Å². The molecule has 2 rings (SSSR count). The maximum Gasteiger partial charge on any atom is 0.322 e. The van der Waals surface area contributed by atoms with E-state index in [-0.39, 0.29) is 15.0 Å². The van der Waals surface area contributed by atoms with Gasteiger partial charge in [-0.1, -0.05) is 0 Å². The number of sulfonamides is 1. The zero-order chi connectivity index (χ0) is 13.3. The highest BCUT2D eigenvalue weighted by atomic mass is 32.2. The summed E-state index contributed by atoms with van der Waals surface area (Å²) in [7, 11) is -3.86. The fraction of sp³-hybridized carbons (Fsp3) is 0.400. The highest BCUT2D eigenvalue weighted by molar-refractivity contribution is 7.91. The molecule has 0 radical (unpaired) electrons. The zero-order valence-corrected chi connectivity index (χ0v) is 10.8. The third-order valence-corrected chi connectivity index (χ3v) is 5.52. The molecular formula is C10H10N2O4S2. The summed E-state index contributed by atoms with van der Waals surface area (Å²) in [5, 5.41) is 17.6. The SMILES string of the molecule is N#Cc1ccc(S(=O)(=O)NC(C(=O)O)C2CC2)s1. The second-order valence-corrected chi connectivity index (χ2v) is 7.03. The number of carboxylic acids is 1. The lowest BCUT2D eigenvalue weighted by molar-refractivity contribution is -0.139. The zero-order valence-electron chi connectivity index (χ0n) is 9.16. The highest BCUT2D eigenvalue weighted by Gasteiger charge is 2.39. The number of carboxylic acid groups (broad SMARTS) is 1. The van der Waals surface area contributed by atoms with E-state index >= 15 is 0 Å². The number of nitriles is 1. The number of rotatable bonds is 5. The molecule has 0 aromatic carbocycles. The van der Waals surface area contributed by atoms with Gasteiger partial charge in [0.15, 0.2) is 0 Å². The summed E-state index contributed by atoms with van der Waals surface area (Å²) in [6.07, 6.45) is 1.43. The molecule has 1 heterocycles. The van der Waals surface area contributed by atoms with Crippen LogP contribution in [0.2, 0.25) is 0 Å². The average Bonchev–Trinajstić information content (AvgIpc) is 3.01. The van der Waals surface area contributed by atoms with Crippen molar-refractivity contribution in [2.24, 2.45) is 5.92 Å². The first-order chi connectivity index (χ1) is 8.44. The minimum atomic E-state index is -3.86. The highest BCUT2D eigenvalue weighted by Crippen LogP contribution is 2.33. The molecule has 18 heavy (non-hydrogen) atoms. The standard InChI is InChI=1S/C10H10N2O4S2/c11-5-7-3-4-8(17-7)18(15,16)12-9(10(13)14)6-1-2-6/h3-4,6,9,12H,1-2H2,(H,13,14). The average molecular weight is 286 g/mol. The Hall–Kier alpha value is -1.43. The van der Waals surface area contributed by atoms with Gasteiger partial charge in [-0.3, -0.25) is 4.79 Å². The molecular weight excluding hydrogens is 276 g/mol. The van der Waals surface area contributed by atoms with E-state index in [0.717, 1.165) is 11.3 Å². The van der Waals surface area contributed by atoms with Crippen LogP contribution in [0.3, 0.4) is 0 Å². The van der Waals surface area contributed by atoms with Crippen molar-refractivity contribution in [1.29, 1.82) is 5.26 Å². The maximum atomic E-state index is 11.9. The molecule has 1 aromatic heterocycles. The van der Waals surface area contributed by atoms with Crippen molar-refractivity contribution in [3.05, 3.63) is 17.0 Å². The van der Waals surface area contributed by atoms with Crippen molar-refractivity contribution in [1.82, 2.24) is 4.72 Å². The smallest absolute Gasteiger partial charge is 0.322 e. The molecule has 2 N–H and O–H groups in total. The summed E-state index contributed by atoms with van der Waals surface area (Å²) in [6.45, 7) is 0. The van der Waals surface area contributed by atoms with Gasteiger partial charge in [-0.25, -0.2) is 8.42 Å². The molecule has 1 aliphatic rings. The van der Waals surface area contributed by atoms with Gasteiger partial charge < -0.3 is 5.11 Å². The molecule has 0 saturated heterocycles. The first-order valence-corrected chi connectivity index (χ1v) is 7.49. The second-order valence-electron chi connectivity index (χ2n) is 4.01. The summed E-state index contributed by atoms with van der Waals surface area (Å²) < 4.78 is 26.0. The first kappa shape index (κ1) is 13.0. The Kier molecular flexibility index (Phi) is 3.38. The van der Waals surface area contributed by atoms with Crippen molar-refractivity contribution in [2.45, 2.75) is 23.1 Å². The van der Waals surface area contributed by atoms with Gasteiger partial charge in [-0.05, 0) is 30.9 Å². The van der Waals surface area contributed by atoms with Crippen LogP contribution < -0.4 is 4.72 Å². The molecule has 1 saturated carbocycles. The van der Waals surface area contributed by atoms with Crippen molar-refractivity contribution in [3.63, 3.8) is 0 Å². The monoisotopic (exact) mass is 286 g/mol. The summed E-state index contributed by atoms with van der Waals surface area (Å²) in [5.74, 6) is -1.30. The minimum Gasteiger partial charge on any atom is -0.480 e. The minimum absolute atomic E-state index is 0.0362. The molecule has 0 spiro atoms. The molecule has 0 amide bonds. The molecule has 1 fully saturated rings. The van der Waals surface area contributed by atoms with Crippen molar-refractivity contribution < 1.29 is 18.3 Å². The first-order valence-electron chi connectivity index (χ1n) is 5.19. The van der Waals surface area contributed by atoms with E-state index in [9.17, 15) is 13.2 Å². The Morgan fingerprint density at radius 2 is 2.22 bits per heavy atom. The topological polar surface area (TPSA) is 107 Å². The van der Waals surface area contributed by atoms with Gasteiger partial charge in [-0.15, -0.1) is 11.3 Å².